The van der Waals surface area contributed by atoms with E-state index in [0.717, 1.165) is 21.1 Å². The van der Waals surface area contributed by atoms with E-state index in [0.29, 0.717) is 10.6 Å². The first-order valence-corrected chi connectivity index (χ1v) is 7.11. The van der Waals surface area contributed by atoms with Crippen molar-refractivity contribution in [2.45, 2.75) is 0 Å². The first-order valence-electron chi connectivity index (χ1n) is 4.84. The fourth-order valence-corrected chi connectivity index (χ4v) is 2.36. The minimum absolute atomic E-state index is 0.129. The number of carbonyl (C=O) groups excluding carboxylic acids is 1. The zero-order valence-corrected chi connectivity index (χ0v) is 12.8. The van der Waals surface area contributed by atoms with Crippen LogP contribution in [0.25, 0.3) is 0 Å². The Labute approximate surface area is 130 Å². The smallest absolute Gasteiger partial charge is 0.298 e. The van der Waals surface area contributed by atoms with Crippen LogP contribution in [0.5, 0.6) is 0 Å². The van der Waals surface area contributed by atoms with Crippen molar-refractivity contribution in [1.29, 1.82) is 0 Å². The molecule has 19 heavy (non-hydrogen) atoms. The standard InChI is InChI=1S/C10H5ClIN3O3S/c11-6-3-5(1-2-7(6)12)9(16)14-10-13-4-8(19-10)15(17)18/h1-4H,(H,13,14,16). The van der Waals surface area contributed by atoms with Crippen molar-refractivity contribution in [3.63, 3.8) is 0 Å². The highest BCUT2D eigenvalue weighted by molar-refractivity contribution is 14.1. The van der Waals surface area contributed by atoms with Crippen molar-refractivity contribution in [2.75, 3.05) is 5.32 Å². The molecule has 0 unspecified atom stereocenters. The average molecular weight is 410 g/mol. The molecule has 9 heteroatoms. The summed E-state index contributed by atoms with van der Waals surface area (Å²) in [5, 5.41) is 13.5. The number of benzene rings is 1. The van der Waals surface area contributed by atoms with Crippen LogP contribution in [0.1, 0.15) is 10.4 Å². The molecule has 0 aliphatic rings. The molecule has 0 radical (unpaired) electrons. The average Bonchev–Trinajstić information content (AvgIpc) is 2.81. The van der Waals surface area contributed by atoms with Crippen molar-refractivity contribution in [3.05, 3.63) is 48.7 Å². The van der Waals surface area contributed by atoms with Crippen LogP contribution in [0.3, 0.4) is 0 Å². The summed E-state index contributed by atoms with van der Waals surface area (Å²) in [6.45, 7) is 0. The number of halogens is 2. The number of nitro groups is 1. The van der Waals surface area contributed by atoms with Gasteiger partial charge >= 0.3 is 5.00 Å². The van der Waals surface area contributed by atoms with E-state index in [1.165, 1.54) is 6.07 Å². The lowest BCUT2D eigenvalue weighted by atomic mass is 10.2. The Morgan fingerprint density at radius 1 is 1.53 bits per heavy atom. The third kappa shape index (κ3) is 3.39. The van der Waals surface area contributed by atoms with Gasteiger partial charge in [0.1, 0.15) is 6.20 Å². The van der Waals surface area contributed by atoms with Crippen LogP contribution in [0.2, 0.25) is 5.02 Å². The summed E-state index contributed by atoms with van der Waals surface area (Å²) < 4.78 is 0.834. The minimum atomic E-state index is -0.560. The summed E-state index contributed by atoms with van der Waals surface area (Å²) >= 11 is 8.76. The summed E-state index contributed by atoms with van der Waals surface area (Å²) in [4.78, 5) is 25.6. The summed E-state index contributed by atoms with van der Waals surface area (Å²) in [6, 6.07) is 4.85. The molecule has 98 valence electrons. The normalized spacial score (nSPS) is 10.2. The highest BCUT2D eigenvalue weighted by Crippen LogP contribution is 2.26. The molecule has 1 amide bonds. The number of hydrogen-bond donors (Lipinski definition) is 1. The number of nitrogens with zero attached hydrogens (tertiary/aromatic N) is 2. The van der Waals surface area contributed by atoms with E-state index in [2.05, 4.69) is 10.3 Å². The molecule has 2 aromatic rings. The highest BCUT2D eigenvalue weighted by Gasteiger charge is 2.14. The molecular formula is C10H5ClIN3O3S. The monoisotopic (exact) mass is 409 g/mol. The molecule has 0 saturated carbocycles. The molecule has 1 N–H and O–H groups in total. The van der Waals surface area contributed by atoms with E-state index in [9.17, 15) is 14.9 Å². The SMILES string of the molecule is O=C(Nc1ncc([N+](=O)[O-])s1)c1ccc(I)c(Cl)c1. The lowest BCUT2D eigenvalue weighted by molar-refractivity contribution is -0.380. The van der Waals surface area contributed by atoms with E-state index in [-0.39, 0.29) is 10.1 Å². The van der Waals surface area contributed by atoms with Crippen LogP contribution in [0.15, 0.2) is 24.4 Å². The minimum Gasteiger partial charge on any atom is -0.298 e. The summed E-state index contributed by atoms with van der Waals surface area (Å²) in [6.07, 6.45) is 1.10. The van der Waals surface area contributed by atoms with Crippen molar-refractivity contribution in [2.24, 2.45) is 0 Å². The first kappa shape index (κ1) is 14.2. The second-order valence-electron chi connectivity index (χ2n) is 3.34. The van der Waals surface area contributed by atoms with Crippen molar-refractivity contribution in [3.8, 4) is 0 Å². The van der Waals surface area contributed by atoms with Gasteiger partial charge < -0.3 is 0 Å². The van der Waals surface area contributed by atoms with Gasteiger partial charge in [-0.2, -0.15) is 0 Å². The van der Waals surface area contributed by atoms with Crippen LogP contribution in [-0.4, -0.2) is 15.8 Å². The fraction of sp³-hybridized carbons (Fsp3) is 0. The maximum Gasteiger partial charge on any atom is 0.345 e. The van der Waals surface area contributed by atoms with Crippen LogP contribution < -0.4 is 5.32 Å². The molecule has 0 saturated heterocycles. The van der Waals surface area contributed by atoms with Gasteiger partial charge in [0.15, 0.2) is 5.13 Å². The van der Waals surface area contributed by atoms with E-state index in [1.54, 1.807) is 12.1 Å². The lowest BCUT2D eigenvalue weighted by Gasteiger charge is -2.02. The number of aromatic nitrogens is 1. The number of carbonyl (C=O) groups is 1. The van der Waals surface area contributed by atoms with Crippen LogP contribution in [0, 0.1) is 13.7 Å². The Morgan fingerprint density at radius 2 is 2.26 bits per heavy atom. The molecule has 2 rings (SSSR count). The molecule has 0 aliphatic heterocycles. The summed E-state index contributed by atoms with van der Waals surface area (Å²) in [5.74, 6) is -0.414. The van der Waals surface area contributed by atoms with Gasteiger partial charge in [-0.15, -0.1) is 0 Å². The second kappa shape index (κ2) is 5.80. The molecule has 1 aromatic heterocycles. The van der Waals surface area contributed by atoms with Gasteiger partial charge in [0.05, 0.1) is 9.95 Å². The summed E-state index contributed by atoms with van der Waals surface area (Å²) in [5.41, 5.74) is 0.364. The molecule has 1 heterocycles. The van der Waals surface area contributed by atoms with Gasteiger partial charge in [-0.1, -0.05) is 11.6 Å². The molecule has 0 atom stereocenters. The molecular weight excluding hydrogens is 405 g/mol. The van der Waals surface area contributed by atoms with Crippen molar-refractivity contribution in [1.82, 2.24) is 4.98 Å². The zero-order valence-electron chi connectivity index (χ0n) is 9.09. The molecule has 0 bridgehead atoms. The van der Waals surface area contributed by atoms with Gasteiger partial charge in [-0.25, -0.2) is 4.98 Å². The maximum atomic E-state index is 11.9. The van der Waals surface area contributed by atoms with Gasteiger partial charge in [0.2, 0.25) is 0 Å². The highest BCUT2D eigenvalue weighted by atomic mass is 127. The van der Waals surface area contributed by atoms with E-state index < -0.39 is 10.8 Å². The molecule has 6 nitrogen and oxygen atoms in total. The predicted molar refractivity (Wildman–Crippen MR) is 80.9 cm³/mol. The maximum absolute atomic E-state index is 11.9. The van der Waals surface area contributed by atoms with Gasteiger partial charge in [0, 0.05) is 9.13 Å². The van der Waals surface area contributed by atoms with Crippen LogP contribution in [-0.2, 0) is 0 Å². The Morgan fingerprint density at radius 3 is 2.84 bits per heavy atom. The Balaban J connectivity index is 2.15. The molecule has 0 fully saturated rings. The largest absolute Gasteiger partial charge is 0.345 e. The molecule has 1 aromatic carbocycles. The van der Waals surface area contributed by atoms with Gasteiger partial charge in [-0.05, 0) is 52.1 Å². The molecule has 0 aliphatic carbocycles. The topological polar surface area (TPSA) is 85.1 Å². The Hall–Kier alpha value is -1.26. The predicted octanol–water partition coefficient (Wildman–Crippen LogP) is 3.56. The Bertz CT molecular complexity index is 661. The van der Waals surface area contributed by atoms with Crippen molar-refractivity contribution >= 4 is 61.6 Å². The molecule has 0 spiro atoms. The van der Waals surface area contributed by atoms with E-state index >= 15 is 0 Å². The van der Waals surface area contributed by atoms with Crippen LogP contribution >= 0.6 is 45.5 Å². The third-order valence-electron chi connectivity index (χ3n) is 2.08. The number of amides is 1. The first-order chi connectivity index (χ1) is 8.97. The lowest BCUT2D eigenvalue weighted by Crippen LogP contribution is -2.11. The zero-order chi connectivity index (χ0) is 14.0. The fourth-order valence-electron chi connectivity index (χ4n) is 1.21. The van der Waals surface area contributed by atoms with Gasteiger partial charge in [0.25, 0.3) is 5.91 Å². The van der Waals surface area contributed by atoms with Gasteiger partial charge in [-0.3, -0.25) is 20.2 Å². The van der Waals surface area contributed by atoms with Crippen molar-refractivity contribution < 1.29 is 9.72 Å². The number of nitrogens with one attached hydrogen (secondary N) is 1. The summed E-state index contributed by atoms with van der Waals surface area (Å²) in [7, 11) is 0. The Kier molecular flexibility index (Phi) is 4.32. The van der Waals surface area contributed by atoms with E-state index in [1.807, 2.05) is 22.6 Å². The van der Waals surface area contributed by atoms with Crippen LogP contribution in [0.4, 0.5) is 10.1 Å². The second-order valence-corrected chi connectivity index (χ2v) is 5.92. The number of hydrogen-bond acceptors (Lipinski definition) is 5. The number of rotatable bonds is 3. The quantitative estimate of drug-likeness (QED) is 0.477. The number of anilines is 1. The third-order valence-corrected chi connectivity index (χ3v) is 4.51. The van der Waals surface area contributed by atoms with E-state index in [4.69, 9.17) is 11.6 Å². The number of thiazole rings is 1.